The zero-order valence-electron chi connectivity index (χ0n) is 13.4. The van der Waals surface area contributed by atoms with E-state index in [0.29, 0.717) is 11.7 Å². The highest BCUT2D eigenvalue weighted by atomic mass is 19.1. The Hall–Kier alpha value is -3.48. The van der Waals surface area contributed by atoms with E-state index in [2.05, 4.69) is 20.6 Å². The Balaban J connectivity index is 1.69. The van der Waals surface area contributed by atoms with E-state index in [1.165, 1.54) is 24.5 Å². The monoisotopic (exact) mass is 338 g/mol. The van der Waals surface area contributed by atoms with Crippen LogP contribution < -0.4 is 15.4 Å². The first-order valence-electron chi connectivity index (χ1n) is 7.45. The maximum absolute atomic E-state index is 13.6. The van der Waals surface area contributed by atoms with Gasteiger partial charge in [0.05, 0.1) is 18.4 Å². The second kappa shape index (κ2) is 7.39. The Morgan fingerprint density at radius 3 is 2.56 bits per heavy atom. The van der Waals surface area contributed by atoms with Crippen molar-refractivity contribution in [2.45, 2.75) is 0 Å². The third-order valence-corrected chi connectivity index (χ3v) is 3.36. The zero-order chi connectivity index (χ0) is 17.6. The topological polar surface area (TPSA) is 76.1 Å². The molecule has 7 heteroatoms. The number of nitrogens with zero attached hydrogens (tertiary/aromatic N) is 2. The van der Waals surface area contributed by atoms with Crippen LogP contribution in [0.5, 0.6) is 5.75 Å². The lowest BCUT2D eigenvalue weighted by molar-refractivity contribution is 0.102. The third-order valence-electron chi connectivity index (χ3n) is 3.36. The van der Waals surface area contributed by atoms with Crippen LogP contribution in [0.15, 0.2) is 60.9 Å². The molecular formula is C18H15FN4O2. The number of para-hydroxylation sites is 1. The number of carbonyl (C=O) groups excluding carboxylic acids is 1. The van der Waals surface area contributed by atoms with E-state index in [1.807, 2.05) is 18.2 Å². The van der Waals surface area contributed by atoms with Crippen LogP contribution in [0.1, 0.15) is 10.4 Å². The maximum atomic E-state index is 13.6. The quantitative estimate of drug-likeness (QED) is 0.743. The van der Waals surface area contributed by atoms with Crippen molar-refractivity contribution >= 4 is 23.2 Å². The highest BCUT2D eigenvalue weighted by Gasteiger charge is 2.10. The molecule has 3 aromatic rings. The first-order chi connectivity index (χ1) is 12.2. The molecule has 1 heterocycles. The number of methoxy groups -OCH3 is 1. The fourth-order valence-corrected chi connectivity index (χ4v) is 2.10. The molecular weight excluding hydrogens is 323 g/mol. The smallest absolute Gasteiger partial charge is 0.258 e. The summed E-state index contributed by atoms with van der Waals surface area (Å²) in [6.45, 7) is 0. The fraction of sp³-hybridized carbons (Fsp3) is 0.0556. The van der Waals surface area contributed by atoms with Gasteiger partial charge in [-0.25, -0.2) is 14.4 Å². The second-order valence-electron chi connectivity index (χ2n) is 5.09. The molecule has 0 radical (unpaired) electrons. The third kappa shape index (κ3) is 4.08. The van der Waals surface area contributed by atoms with Gasteiger partial charge < -0.3 is 15.4 Å². The van der Waals surface area contributed by atoms with Gasteiger partial charge in [-0.3, -0.25) is 4.79 Å². The largest absolute Gasteiger partial charge is 0.497 e. The molecule has 3 rings (SSSR count). The van der Waals surface area contributed by atoms with Crippen LogP contribution in [0.2, 0.25) is 0 Å². The first-order valence-corrected chi connectivity index (χ1v) is 7.45. The number of benzene rings is 2. The van der Waals surface area contributed by atoms with Crippen molar-refractivity contribution in [3.05, 3.63) is 72.3 Å². The van der Waals surface area contributed by atoms with Gasteiger partial charge in [0, 0.05) is 24.1 Å². The van der Waals surface area contributed by atoms with Crippen molar-refractivity contribution in [3.63, 3.8) is 0 Å². The molecule has 25 heavy (non-hydrogen) atoms. The van der Waals surface area contributed by atoms with E-state index in [4.69, 9.17) is 4.74 Å². The SMILES string of the molecule is COc1cccc(Nc2ncc(C(=O)Nc3ccccc3F)cn2)c1. The normalized spacial score (nSPS) is 10.2. The number of hydrogen-bond acceptors (Lipinski definition) is 5. The average molecular weight is 338 g/mol. The minimum atomic E-state index is -0.506. The molecule has 126 valence electrons. The number of ether oxygens (including phenoxy) is 1. The van der Waals surface area contributed by atoms with Gasteiger partial charge in [0.25, 0.3) is 5.91 Å². The number of aromatic nitrogens is 2. The van der Waals surface area contributed by atoms with Crippen LogP contribution in [0.4, 0.5) is 21.7 Å². The Labute approximate surface area is 143 Å². The standard InChI is InChI=1S/C18H15FN4O2/c1-25-14-6-4-5-13(9-14)22-18-20-10-12(11-21-18)17(24)23-16-8-3-2-7-15(16)19/h2-11H,1H3,(H,23,24)(H,20,21,22). The zero-order valence-corrected chi connectivity index (χ0v) is 13.4. The van der Waals surface area contributed by atoms with Crippen LogP contribution in [0.25, 0.3) is 0 Å². The molecule has 2 N–H and O–H groups in total. The number of amides is 1. The lowest BCUT2D eigenvalue weighted by Crippen LogP contribution is -2.14. The molecule has 0 saturated heterocycles. The second-order valence-corrected chi connectivity index (χ2v) is 5.09. The van der Waals surface area contributed by atoms with Crippen molar-refractivity contribution in [2.24, 2.45) is 0 Å². The van der Waals surface area contributed by atoms with Crippen molar-refractivity contribution in [2.75, 3.05) is 17.7 Å². The van der Waals surface area contributed by atoms with Gasteiger partial charge in [-0.2, -0.15) is 0 Å². The van der Waals surface area contributed by atoms with Gasteiger partial charge in [-0.15, -0.1) is 0 Å². The summed E-state index contributed by atoms with van der Waals surface area (Å²) >= 11 is 0. The number of halogens is 1. The fourth-order valence-electron chi connectivity index (χ4n) is 2.10. The molecule has 6 nitrogen and oxygen atoms in total. The highest BCUT2D eigenvalue weighted by Crippen LogP contribution is 2.19. The lowest BCUT2D eigenvalue weighted by atomic mass is 10.2. The van der Waals surface area contributed by atoms with Crippen LogP contribution >= 0.6 is 0 Å². The molecule has 2 aromatic carbocycles. The predicted octanol–water partition coefficient (Wildman–Crippen LogP) is 3.62. The molecule has 0 spiro atoms. The average Bonchev–Trinajstić information content (AvgIpc) is 2.64. The Kier molecular flexibility index (Phi) is 4.84. The molecule has 1 aromatic heterocycles. The summed E-state index contributed by atoms with van der Waals surface area (Å²) in [7, 11) is 1.58. The maximum Gasteiger partial charge on any atom is 0.258 e. The molecule has 0 atom stereocenters. The number of anilines is 3. The van der Waals surface area contributed by atoms with Crippen LogP contribution in [0.3, 0.4) is 0 Å². The highest BCUT2D eigenvalue weighted by molar-refractivity contribution is 6.03. The Morgan fingerprint density at radius 1 is 1.08 bits per heavy atom. The summed E-state index contributed by atoms with van der Waals surface area (Å²) in [6.07, 6.45) is 2.73. The van der Waals surface area contributed by atoms with Gasteiger partial charge >= 0.3 is 0 Å². The van der Waals surface area contributed by atoms with Crippen LogP contribution in [-0.4, -0.2) is 23.0 Å². The minimum Gasteiger partial charge on any atom is -0.497 e. The summed E-state index contributed by atoms with van der Waals surface area (Å²) in [5.41, 5.74) is 1.08. The molecule has 0 aliphatic rings. The van der Waals surface area contributed by atoms with E-state index >= 15 is 0 Å². The number of nitrogens with one attached hydrogen (secondary N) is 2. The van der Waals surface area contributed by atoms with Gasteiger partial charge in [0.1, 0.15) is 11.6 Å². The minimum absolute atomic E-state index is 0.103. The van der Waals surface area contributed by atoms with E-state index < -0.39 is 11.7 Å². The van der Waals surface area contributed by atoms with Crippen molar-refractivity contribution in [3.8, 4) is 5.75 Å². The first kappa shape index (κ1) is 16.4. The van der Waals surface area contributed by atoms with Gasteiger partial charge in [0.15, 0.2) is 0 Å². The summed E-state index contributed by atoms with van der Waals surface area (Å²) < 4.78 is 18.7. The molecule has 0 saturated carbocycles. The van der Waals surface area contributed by atoms with Crippen molar-refractivity contribution < 1.29 is 13.9 Å². The van der Waals surface area contributed by atoms with E-state index in [9.17, 15) is 9.18 Å². The van der Waals surface area contributed by atoms with Crippen molar-refractivity contribution in [1.82, 2.24) is 9.97 Å². The molecule has 0 aliphatic heterocycles. The van der Waals surface area contributed by atoms with Crippen LogP contribution in [-0.2, 0) is 0 Å². The van der Waals surface area contributed by atoms with Gasteiger partial charge in [0.2, 0.25) is 5.95 Å². The predicted molar refractivity (Wildman–Crippen MR) is 92.7 cm³/mol. The molecule has 0 bridgehead atoms. The lowest BCUT2D eigenvalue weighted by Gasteiger charge is -2.08. The van der Waals surface area contributed by atoms with Crippen molar-refractivity contribution in [1.29, 1.82) is 0 Å². The number of rotatable bonds is 5. The van der Waals surface area contributed by atoms with Gasteiger partial charge in [-0.1, -0.05) is 18.2 Å². The van der Waals surface area contributed by atoms with E-state index in [-0.39, 0.29) is 11.3 Å². The summed E-state index contributed by atoms with van der Waals surface area (Å²) in [5, 5.41) is 5.49. The van der Waals surface area contributed by atoms with Crippen LogP contribution in [0, 0.1) is 5.82 Å². The molecule has 0 fully saturated rings. The number of hydrogen-bond donors (Lipinski definition) is 2. The summed E-state index contributed by atoms with van der Waals surface area (Å²) in [6, 6.07) is 13.2. The van der Waals surface area contributed by atoms with E-state index in [1.54, 1.807) is 25.3 Å². The number of carbonyl (C=O) groups is 1. The summed E-state index contributed by atoms with van der Waals surface area (Å²) in [4.78, 5) is 20.3. The molecule has 0 unspecified atom stereocenters. The molecule has 0 aliphatic carbocycles. The van der Waals surface area contributed by atoms with E-state index in [0.717, 1.165) is 5.69 Å². The Bertz CT molecular complexity index is 884. The summed E-state index contributed by atoms with van der Waals surface area (Å²) in [5.74, 6) is 0.0349. The van der Waals surface area contributed by atoms with Gasteiger partial charge in [-0.05, 0) is 24.3 Å². The Morgan fingerprint density at radius 2 is 1.84 bits per heavy atom. The molecule has 1 amide bonds.